The van der Waals surface area contributed by atoms with Crippen molar-refractivity contribution in [3.63, 3.8) is 0 Å². The first-order chi connectivity index (χ1) is 10.7. The number of nitrogens with one attached hydrogen (secondary N) is 2. The number of alkyl carbamates (subject to hydrolysis) is 1. The number of thiazole rings is 1. The molecule has 23 heavy (non-hydrogen) atoms. The fourth-order valence-corrected chi connectivity index (χ4v) is 2.88. The van der Waals surface area contributed by atoms with Gasteiger partial charge in [0.15, 0.2) is 5.13 Å². The molecule has 1 aromatic heterocycles. The van der Waals surface area contributed by atoms with E-state index >= 15 is 0 Å². The Morgan fingerprint density at radius 2 is 2.09 bits per heavy atom. The van der Waals surface area contributed by atoms with Crippen LogP contribution in [0.4, 0.5) is 9.93 Å². The van der Waals surface area contributed by atoms with Gasteiger partial charge < -0.3 is 15.4 Å². The van der Waals surface area contributed by atoms with Crippen LogP contribution in [0.3, 0.4) is 0 Å². The molecule has 2 rings (SSSR count). The number of fused-ring (bicyclic) bond motifs is 1. The first kappa shape index (κ1) is 17.5. The minimum absolute atomic E-state index is 0.135. The van der Waals surface area contributed by atoms with Crippen LogP contribution < -0.4 is 10.6 Å². The van der Waals surface area contributed by atoms with Gasteiger partial charge in [0.1, 0.15) is 5.60 Å². The molecule has 0 aliphatic carbocycles. The molecule has 0 spiro atoms. The zero-order valence-corrected chi connectivity index (χ0v) is 14.7. The van der Waals surface area contributed by atoms with Crippen molar-refractivity contribution >= 4 is 50.3 Å². The van der Waals surface area contributed by atoms with Crippen molar-refractivity contribution in [1.82, 2.24) is 10.3 Å². The monoisotopic (exact) mass is 355 g/mol. The van der Waals surface area contributed by atoms with Gasteiger partial charge >= 0.3 is 6.09 Å². The lowest BCUT2D eigenvalue weighted by atomic mass is 10.2. The predicted molar refractivity (Wildman–Crippen MR) is 92.1 cm³/mol. The summed E-state index contributed by atoms with van der Waals surface area (Å²) in [5.74, 6) is -0.230. The number of hydrogen-bond acceptors (Lipinski definition) is 5. The van der Waals surface area contributed by atoms with E-state index in [0.29, 0.717) is 10.2 Å². The second kappa shape index (κ2) is 7.14. The van der Waals surface area contributed by atoms with Crippen LogP contribution in [-0.4, -0.2) is 29.1 Å². The highest BCUT2D eigenvalue weighted by Gasteiger charge is 2.16. The van der Waals surface area contributed by atoms with E-state index in [2.05, 4.69) is 15.6 Å². The SMILES string of the molecule is CC(C)(C)OC(=O)NCCC(=O)Nc1nc2ccc(Cl)cc2s1. The van der Waals surface area contributed by atoms with Gasteiger partial charge in [-0.05, 0) is 39.0 Å². The molecule has 0 unspecified atom stereocenters. The summed E-state index contributed by atoms with van der Waals surface area (Å²) in [5, 5.41) is 6.37. The molecular weight excluding hydrogens is 338 g/mol. The smallest absolute Gasteiger partial charge is 0.407 e. The summed E-state index contributed by atoms with van der Waals surface area (Å²) >= 11 is 7.26. The van der Waals surface area contributed by atoms with E-state index in [4.69, 9.17) is 16.3 Å². The van der Waals surface area contributed by atoms with Crippen LogP contribution in [0.15, 0.2) is 18.2 Å². The molecule has 0 radical (unpaired) electrons. The zero-order chi connectivity index (χ0) is 17.0. The molecule has 1 heterocycles. The van der Waals surface area contributed by atoms with Gasteiger partial charge in [0.2, 0.25) is 5.91 Å². The van der Waals surface area contributed by atoms with Crippen molar-refractivity contribution in [2.75, 3.05) is 11.9 Å². The molecule has 6 nitrogen and oxygen atoms in total. The molecule has 0 fully saturated rings. The van der Waals surface area contributed by atoms with E-state index in [0.717, 1.165) is 10.2 Å². The Labute approximate surface area is 143 Å². The van der Waals surface area contributed by atoms with Crippen molar-refractivity contribution in [2.45, 2.75) is 32.8 Å². The third-order valence-electron chi connectivity index (χ3n) is 2.62. The summed E-state index contributed by atoms with van der Waals surface area (Å²) in [5.41, 5.74) is 0.218. The van der Waals surface area contributed by atoms with Crippen LogP contribution in [0.1, 0.15) is 27.2 Å². The summed E-state index contributed by atoms with van der Waals surface area (Å²) in [7, 11) is 0. The lowest BCUT2D eigenvalue weighted by Gasteiger charge is -2.19. The maximum atomic E-state index is 11.9. The Bertz CT molecular complexity index is 724. The number of anilines is 1. The minimum Gasteiger partial charge on any atom is -0.444 e. The minimum atomic E-state index is -0.561. The Hall–Kier alpha value is -1.86. The van der Waals surface area contributed by atoms with E-state index in [9.17, 15) is 9.59 Å². The van der Waals surface area contributed by atoms with E-state index in [1.807, 2.05) is 0 Å². The molecule has 0 atom stereocenters. The van der Waals surface area contributed by atoms with Crippen LogP contribution in [0, 0.1) is 0 Å². The Morgan fingerprint density at radius 3 is 2.78 bits per heavy atom. The van der Waals surface area contributed by atoms with Gasteiger partial charge in [-0.15, -0.1) is 0 Å². The van der Waals surface area contributed by atoms with Crippen LogP contribution in [0.5, 0.6) is 0 Å². The maximum absolute atomic E-state index is 11.9. The quantitative estimate of drug-likeness (QED) is 0.874. The Balaban J connectivity index is 1.81. The Morgan fingerprint density at radius 1 is 1.35 bits per heavy atom. The second-order valence-electron chi connectivity index (χ2n) is 5.86. The summed E-state index contributed by atoms with van der Waals surface area (Å²) in [4.78, 5) is 27.6. The van der Waals surface area contributed by atoms with Gasteiger partial charge in [-0.25, -0.2) is 9.78 Å². The first-order valence-electron chi connectivity index (χ1n) is 7.06. The highest BCUT2D eigenvalue weighted by atomic mass is 35.5. The zero-order valence-electron chi connectivity index (χ0n) is 13.1. The van der Waals surface area contributed by atoms with Crippen molar-refractivity contribution in [2.24, 2.45) is 0 Å². The molecular formula is C15H18ClN3O3S. The number of amides is 2. The molecule has 0 saturated carbocycles. The van der Waals surface area contributed by atoms with Crippen LogP contribution in [-0.2, 0) is 9.53 Å². The number of aromatic nitrogens is 1. The first-order valence-corrected chi connectivity index (χ1v) is 8.25. The molecule has 0 saturated heterocycles. The normalized spacial score (nSPS) is 11.3. The number of nitrogens with zero attached hydrogens (tertiary/aromatic N) is 1. The van der Waals surface area contributed by atoms with Crippen LogP contribution in [0.25, 0.3) is 10.2 Å². The third-order valence-corrected chi connectivity index (χ3v) is 3.79. The fourth-order valence-electron chi connectivity index (χ4n) is 1.73. The van der Waals surface area contributed by atoms with Gasteiger partial charge in [-0.2, -0.15) is 0 Å². The van der Waals surface area contributed by atoms with Gasteiger partial charge in [0.05, 0.1) is 10.2 Å². The van der Waals surface area contributed by atoms with Gasteiger partial charge in [-0.3, -0.25) is 4.79 Å². The Kier molecular flexibility index (Phi) is 5.43. The molecule has 124 valence electrons. The number of ether oxygens (including phenoxy) is 1. The van der Waals surface area contributed by atoms with E-state index in [1.165, 1.54) is 11.3 Å². The second-order valence-corrected chi connectivity index (χ2v) is 7.32. The third kappa shape index (κ3) is 5.69. The topological polar surface area (TPSA) is 80.3 Å². The number of carbonyl (C=O) groups is 2. The number of hydrogen-bond donors (Lipinski definition) is 2. The summed E-state index contributed by atoms with van der Waals surface area (Å²) in [6.07, 6.45) is -0.407. The van der Waals surface area contributed by atoms with Gasteiger partial charge in [-0.1, -0.05) is 22.9 Å². The van der Waals surface area contributed by atoms with Crippen molar-refractivity contribution < 1.29 is 14.3 Å². The molecule has 2 amide bonds. The van der Waals surface area contributed by atoms with Crippen LogP contribution in [0.2, 0.25) is 5.02 Å². The molecule has 0 aliphatic heterocycles. The fraction of sp³-hybridized carbons (Fsp3) is 0.400. The van der Waals surface area contributed by atoms with Gasteiger partial charge in [0.25, 0.3) is 0 Å². The molecule has 1 aromatic carbocycles. The van der Waals surface area contributed by atoms with Crippen molar-refractivity contribution in [3.8, 4) is 0 Å². The van der Waals surface area contributed by atoms with Gasteiger partial charge in [0, 0.05) is 18.0 Å². The van der Waals surface area contributed by atoms with Crippen molar-refractivity contribution in [3.05, 3.63) is 23.2 Å². The van der Waals surface area contributed by atoms with E-state index < -0.39 is 11.7 Å². The lowest BCUT2D eigenvalue weighted by molar-refractivity contribution is -0.116. The number of rotatable bonds is 4. The molecule has 2 N–H and O–H groups in total. The maximum Gasteiger partial charge on any atom is 0.407 e. The van der Waals surface area contributed by atoms with Crippen LogP contribution >= 0.6 is 22.9 Å². The highest BCUT2D eigenvalue weighted by Crippen LogP contribution is 2.28. The average molecular weight is 356 g/mol. The summed E-state index contributed by atoms with van der Waals surface area (Å²) < 4.78 is 5.99. The number of benzene rings is 1. The lowest BCUT2D eigenvalue weighted by Crippen LogP contribution is -2.34. The molecule has 8 heteroatoms. The largest absolute Gasteiger partial charge is 0.444 e. The standard InChI is InChI=1S/C15H18ClN3O3S/c1-15(2,3)22-14(21)17-7-6-12(20)19-13-18-10-5-4-9(16)8-11(10)23-13/h4-5,8H,6-7H2,1-3H3,(H,17,21)(H,18,19,20). The van der Waals surface area contributed by atoms with E-state index in [1.54, 1.807) is 39.0 Å². The summed E-state index contributed by atoms with van der Waals surface area (Å²) in [6.45, 7) is 5.52. The predicted octanol–water partition coefficient (Wildman–Crippen LogP) is 3.80. The molecule has 0 aliphatic rings. The average Bonchev–Trinajstić information content (AvgIpc) is 2.77. The van der Waals surface area contributed by atoms with Crippen molar-refractivity contribution in [1.29, 1.82) is 0 Å². The molecule has 0 bridgehead atoms. The number of carbonyl (C=O) groups excluding carboxylic acids is 2. The number of halogens is 1. The molecule has 2 aromatic rings. The van der Waals surface area contributed by atoms with E-state index in [-0.39, 0.29) is 18.9 Å². The summed E-state index contributed by atoms with van der Waals surface area (Å²) in [6, 6.07) is 5.35. The highest BCUT2D eigenvalue weighted by molar-refractivity contribution is 7.22.